The van der Waals surface area contributed by atoms with E-state index < -0.39 is 21.8 Å². The molecule has 29 heavy (non-hydrogen) atoms. The van der Waals surface area contributed by atoms with E-state index in [2.05, 4.69) is 10.6 Å². The number of rotatable bonds is 7. The fourth-order valence-corrected chi connectivity index (χ4v) is 4.57. The van der Waals surface area contributed by atoms with Crippen LogP contribution in [0.3, 0.4) is 0 Å². The third-order valence-corrected chi connectivity index (χ3v) is 6.72. The van der Waals surface area contributed by atoms with Crippen molar-refractivity contribution in [1.82, 2.24) is 4.31 Å². The van der Waals surface area contributed by atoms with Crippen LogP contribution in [0.25, 0.3) is 0 Å². The molecule has 0 radical (unpaired) electrons. The topological polar surface area (TPSA) is 105 Å². The van der Waals surface area contributed by atoms with Gasteiger partial charge in [-0.1, -0.05) is 13.0 Å². The van der Waals surface area contributed by atoms with E-state index in [1.165, 1.54) is 19.2 Å². The number of anilines is 2. The van der Waals surface area contributed by atoms with Crippen molar-refractivity contribution in [3.05, 3.63) is 48.0 Å². The molecule has 1 aliphatic heterocycles. The van der Waals surface area contributed by atoms with Crippen molar-refractivity contribution in [2.24, 2.45) is 0 Å². The van der Waals surface area contributed by atoms with Crippen molar-refractivity contribution in [3.63, 3.8) is 0 Å². The summed E-state index contributed by atoms with van der Waals surface area (Å²) in [6.07, 6.45) is 0. The zero-order valence-corrected chi connectivity index (χ0v) is 17.2. The summed E-state index contributed by atoms with van der Waals surface area (Å²) < 4.78 is 32.3. The van der Waals surface area contributed by atoms with Crippen molar-refractivity contribution >= 4 is 33.2 Å². The van der Waals surface area contributed by atoms with Gasteiger partial charge in [0.1, 0.15) is 5.75 Å². The van der Waals surface area contributed by atoms with Gasteiger partial charge in [-0.15, -0.1) is 0 Å². The number of likely N-dealkylation sites (N-methyl/N-ethyl adjacent to an activating group) is 1. The van der Waals surface area contributed by atoms with Gasteiger partial charge in [0, 0.05) is 24.0 Å². The normalized spacial score (nSPS) is 15.7. The van der Waals surface area contributed by atoms with Crippen LogP contribution in [-0.4, -0.2) is 44.7 Å². The first-order valence-electron chi connectivity index (χ1n) is 9.15. The lowest BCUT2D eigenvalue weighted by Crippen LogP contribution is -2.37. The maximum absolute atomic E-state index is 13.1. The van der Waals surface area contributed by atoms with Crippen LogP contribution in [-0.2, 0) is 19.6 Å². The second-order valence-electron chi connectivity index (χ2n) is 6.67. The molecule has 1 aliphatic rings. The van der Waals surface area contributed by atoms with Crippen LogP contribution in [0.5, 0.6) is 5.75 Å². The second-order valence-corrected chi connectivity index (χ2v) is 8.61. The summed E-state index contributed by atoms with van der Waals surface area (Å²) in [5, 5.41) is 5.40. The standard InChI is InChI=1S/C20H23N3O5S/c1-4-23(12-19(24)21-14-6-5-7-15(10-14)28-3)29(26,27)16-8-9-18-17(11-16)13(2)20(25)22-18/h5-11,13H,4,12H2,1-3H3,(H,21,24)(H,22,25)/t13-/m1/s1. The minimum atomic E-state index is -3.91. The van der Waals surface area contributed by atoms with Gasteiger partial charge in [0.05, 0.1) is 24.5 Å². The van der Waals surface area contributed by atoms with Crippen molar-refractivity contribution < 1.29 is 22.7 Å². The minimum absolute atomic E-state index is 0.0515. The van der Waals surface area contributed by atoms with Gasteiger partial charge < -0.3 is 15.4 Å². The lowest BCUT2D eigenvalue weighted by molar-refractivity contribution is -0.117. The van der Waals surface area contributed by atoms with Crippen LogP contribution in [0.2, 0.25) is 0 Å². The first-order valence-corrected chi connectivity index (χ1v) is 10.6. The predicted octanol–water partition coefficient (Wildman–Crippen LogP) is 2.40. The molecule has 0 fully saturated rings. The first-order chi connectivity index (χ1) is 13.8. The van der Waals surface area contributed by atoms with Gasteiger partial charge >= 0.3 is 0 Å². The number of nitrogens with one attached hydrogen (secondary N) is 2. The fraction of sp³-hybridized carbons (Fsp3) is 0.300. The maximum Gasteiger partial charge on any atom is 0.243 e. The van der Waals surface area contributed by atoms with Crippen LogP contribution in [0, 0.1) is 0 Å². The Hall–Kier alpha value is -2.91. The molecule has 2 amide bonds. The number of carbonyl (C=O) groups is 2. The highest BCUT2D eigenvalue weighted by molar-refractivity contribution is 7.89. The van der Waals surface area contributed by atoms with E-state index in [-0.39, 0.29) is 23.9 Å². The first kappa shape index (κ1) is 20.8. The number of fused-ring (bicyclic) bond motifs is 1. The maximum atomic E-state index is 13.1. The lowest BCUT2D eigenvalue weighted by atomic mass is 10.0. The second kappa shape index (κ2) is 8.22. The molecule has 1 atom stereocenters. The Kier molecular flexibility index (Phi) is 5.90. The highest BCUT2D eigenvalue weighted by Crippen LogP contribution is 2.34. The summed E-state index contributed by atoms with van der Waals surface area (Å²) in [5.41, 5.74) is 1.76. The molecular formula is C20H23N3O5S. The van der Waals surface area contributed by atoms with E-state index in [0.29, 0.717) is 22.7 Å². The molecule has 0 spiro atoms. The minimum Gasteiger partial charge on any atom is -0.497 e. The van der Waals surface area contributed by atoms with Crippen LogP contribution in [0.15, 0.2) is 47.4 Å². The van der Waals surface area contributed by atoms with E-state index in [0.717, 1.165) is 4.31 Å². The molecular weight excluding hydrogens is 394 g/mol. The molecule has 1 heterocycles. The van der Waals surface area contributed by atoms with Crippen LogP contribution < -0.4 is 15.4 Å². The monoisotopic (exact) mass is 417 g/mol. The largest absolute Gasteiger partial charge is 0.497 e. The van der Waals surface area contributed by atoms with E-state index in [9.17, 15) is 18.0 Å². The summed E-state index contributed by atoms with van der Waals surface area (Å²) >= 11 is 0. The lowest BCUT2D eigenvalue weighted by Gasteiger charge is -2.20. The molecule has 3 rings (SSSR count). The summed E-state index contributed by atoms with van der Waals surface area (Å²) in [7, 11) is -2.38. The molecule has 8 nitrogen and oxygen atoms in total. The third kappa shape index (κ3) is 4.25. The van der Waals surface area contributed by atoms with Crippen LogP contribution in [0.1, 0.15) is 25.3 Å². The van der Waals surface area contributed by atoms with Gasteiger partial charge in [-0.3, -0.25) is 9.59 Å². The number of hydrogen-bond donors (Lipinski definition) is 2. The smallest absolute Gasteiger partial charge is 0.243 e. The number of carbonyl (C=O) groups excluding carboxylic acids is 2. The van der Waals surface area contributed by atoms with Crippen LogP contribution in [0.4, 0.5) is 11.4 Å². The number of sulfonamides is 1. The Balaban J connectivity index is 1.78. The summed E-state index contributed by atoms with van der Waals surface area (Å²) in [4.78, 5) is 24.3. The molecule has 0 saturated carbocycles. The average molecular weight is 417 g/mol. The highest BCUT2D eigenvalue weighted by atomic mass is 32.2. The van der Waals surface area contributed by atoms with Gasteiger partial charge in [-0.05, 0) is 42.8 Å². The molecule has 0 unspecified atom stereocenters. The number of benzene rings is 2. The third-order valence-electron chi connectivity index (χ3n) is 4.80. The molecule has 9 heteroatoms. The zero-order valence-electron chi connectivity index (χ0n) is 16.4. The predicted molar refractivity (Wildman–Crippen MR) is 110 cm³/mol. The number of hydrogen-bond acceptors (Lipinski definition) is 5. The molecule has 0 saturated heterocycles. The Morgan fingerprint density at radius 2 is 2.00 bits per heavy atom. The van der Waals surface area contributed by atoms with E-state index >= 15 is 0 Å². The van der Waals surface area contributed by atoms with Gasteiger partial charge in [0.2, 0.25) is 21.8 Å². The van der Waals surface area contributed by atoms with Gasteiger partial charge in [0.15, 0.2) is 0 Å². The van der Waals surface area contributed by atoms with Crippen molar-refractivity contribution in [3.8, 4) is 5.75 Å². The van der Waals surface area contributed by atoms with Crippen molar-refractivity contribution in [2.75, 3.05) is 30.8 Å². The van der Waals surface area contributed by atoms with E-state index in [4.69, 9.17) is 4.74 Å². The molecule has 0 bridgehead atoms. The molecule has 2 aromatic carbocycles. The fourth-order valence-electron chi connectivity index (χ4n) is 3.13. The van der Waals surface area contributed by atoms with Crippen LogP contribution >= 0.6 is 0 Å². The van der Waals surface area contributed by atoms with E-state index in [1.54, 1.807) is 44.2 Å². The molecule has 2 aromatic rings. The Labute approximate surface area is 169 Å². The molecule has 0 aliphatic carbocycles. The average Bonchev–Trinajstić information content (AvgIpc) is 2.99. The summed E-state index contributed by atoms with van der Waals surface area (Å²) in [6, 6.07) is 11.3. The summed E-state index contributed by atoms with van der Waals surface area (Å²) in [6.45, 7) is 3.17. The quantitative estimate of drug-likeness (QED) is 0.720. The van der Waals surface area contributed by atoms with E-state index in [1.807, 2.05) is 0 Å². The number of methoxy groups -OCH3 is 1. The molecule has 154 valence electrons. The Morgan fingerprint density at radius 1 is 1.24 bits per heavy atom. The van der Waals surface area contributed by atoms with Crippen molar-refractivity contribution in [2.45, 2.75) is 24.7 Å². The molecule has 2 N–H and O–H groups in total. The number of ether oxygens (including phenoxy) is 1. The Bertz CT molecular complexity index is 1050. The Morgan fingerprint density at radius 3 is 2.69 bits per heavy atom. The number of nitrogens with zero attached hydrogens (tertiary/aromatic N) is 1. The molecule has 0 aromatic heterocycles. The highest BCUT2D eigenvalue weighted by Gasteiger charge is 2.31. The summed E-state index contributed by atoms with van der Waals surface area (Å²) in [5.74, 6) is -0.473. The SMILES string of the molecule is CCN(CC(=O)Nc1cccc(OC)c1)S(=O)(=O)c1ccc2c(c1)[C@@H](C)C(=O)N2. The van der Waals surface area contributed by atoms with Gasteiger partial charge in [-0.2, -0.15) is 4.31 Å². The zero-order chi connectivity index (χ0) is 21.2. The van der Waals surface area contributed by atoms with Gasteiger partial charge in [0.25, 0.3) is 0 Å². The van der Waals surface area contributed by atoms with Crippen molar-refractivity contribution in [1.29, 1.82) is 0 Å². The van der Waals surface area contributed by atoms with Gasteiger partial charge in [-0.25, -0.2) is 8.42 Å². The number of amides is 2.